The number of carbonyl (C=O) groups is 2. The molecule has 2 amide bonds. The fourth-order valence-electron chi connectivity index (χ4n) is 1.20. The van der Waals surface area contributed by atoms with Crippen molar-refractivity contribution in [2.45, 2.75) is 45.7 Å². The molecule has 1 aliphatic rings. The average Bonchev–Trinajstić information content (AvgIpc) is 2.81. The number of hydrogen-bond acceptors (Lipinski definition) is 2. The summed E-state index contributed by atoms with van der Waals surface area (Å²) < 4.78 is -0.0361. The summed E-state index contributed by atoms with van der Waals surface area (Å²) in [5.74, 6) is 0. The molecular formula is C10H17IN2O2. The van der Waals surface area contributed by atoms with Crippen molar-refractivity contribution in [1.82, 2.24) is 10.6 Å². The van der Waals surface area contributed by atoms with E-state index in [1.165, 1.54) is 0 Å². The van der Waals surface area contributed by atoms with Crippen LogP contribution in [-0.4, -0.2) is 21.9 Å². The molecule has 1 unspecified atom stereocenters. The highest BCUT2D eigenvalue weighted by Gasteiger charge is 2.32. The van der Waals surface area contributed by atoms with Crippen molar-refractivity contribution in [3.8, 4) is 0 Å². The highest BCUT2D eigenvalue weighted by atomic mass is 127. The largest absolute Gasteiger partial charge is 0.335 e. The molecule has 0 saturated heterocycles. The molecule has 15 heavy (non-hydrogen) atoms. The highest BCUT2D eigenvalue weighted by molar-refractivity contribution is 14.1. The second-order valence-electron chi connectivity index (χ2n) is 5.00. The number of rotatable bonds is 3. The number of amides is 2. The molecule has 0 heterocycles. The van der Waals surface area contributed by atoms with Crippen LogP contribution in [0.3, 0.4) is 0 Å². The van der Waals surface area contributed by atoms with Crippen LogP contribution in [-0.2, 0) is 4.79 Å². The molecule has 5 heteroatoms. The highest BCUT2D eigenvalue weighted by Crippen LogP contribution is 2.22. The Morgan fingerprint density at radius 2 is 1.87 bits per heavy atom. The molecule has 0 radical (unpaired) electrons. The van der Waals surface area contributed by atoms with Crippen LogP contribution >= 0.6 is 22.6 Å². The first-order valence-electron chi connectivity index (χ1n) is 5.07. The van der Waals surface area contributed by atoms with E-state index in [1.807, 2.05) is 20.8 Å². The summed E-state index contributed by atoms with van der Waals surface area (Å²) in [7, 11) is 0. The first-order chi connectivity index (χ1) is 6.80. The Morgan fingerprint density at radius 3 is 2.20 bits per heavy atom. The third kappa shape index (κ3) is 4.36. The minimum atomic E-state index is -0.433. The molecule has 1 rings (SSSR count). The first kappa shape index (κ1) is 12.7. The van der Waals surface area contributed by atoms with Crippen LogP contribution in [0.1, 0.15) is 33.6 Å². The normalized spacial score (nSPS) is 18.1. The van der Waals surface area contributed by atoms with E-state index in [9.17, 15) is 9.59 Å². The predicted molar refractivity (Wildman–Crippen MR) is 67.0 cm³/mol. The molecule has 1 fully saturated rings. The summed E-state index contributed by atoms with van der Waals surface area (Å²) in [4.78, 5) is 22.8. The zero-order valence-corrected chi connectivity index (χ0v) is 11.4. The molecule has 0 aromatic heterocycles. The predicted octanol–water partition coefficient (Wildman–Crippen LogP) is 1.82. The molecule has 2 N–H and O–H groups in total. The first-order valence-corrected chi connectivity index (χ1v) is 6.15. The Labute approximate surface area is 104 Å². The number of hydrogen-bond donors (Lipinski definition) is 2. The number of nitrogens with one attached hydrogen (secondary N) is 2. The fourth-order valence-corrected chi connectivity index (χ4v) is 2.29. The molecule has 0 aromatic rings. The van der Waals surface area contributed by atoms with Crippen molar-refractivity contribution < 1.29 is 9.59 Å². The number of urea groups is 1. The summed E-state index contributed by atoms with van der Waals surface area (Å²) >= 11 is 1.73. The maximum atomic E-state index is 11.5. The quantitative estimate of drug-likeness (QED) is 0.615. The van der Waals surface area contributed by atoms with Gasteiger partial charge in [-0.2, -0.15) is 0 Å². The second-order valence-corrected chi connectivity index (χ2v) is 6.06. The van der Waals surface area contributed by atoms with E-state index < -0.39 is 6.04 Å². The Bertz CT molecular complexity index is 269. The van der Waals surface area contributed by atoms with Gasteiger partial charge in [0.05, 0.1) is 0 Å². The fraction of sp³-hybridized carbons (Fsp3) is 0.800. The van der Waals surface area contributed by atoms with Gasteiger partial charge in [-0.05, 0) is 18.3 Å². The lowest BCUT2D eigenvalue weighted by molar-refractivity contribution is -0.113. The molecule has 0 spiro atoms. The van der Waals surface area contributed by atoms with Gasteiger partial charge in [0.15, 0.2) is 0 Å². The molecule has 1 saturated carbocycles. The van der Waals surface area contributed by atoms with Gasteiger partial charge in [0, 0.05) is 28.6 Å². The van der Waals surface area contributed by atoms with Crippen molar-refractivity contribution in [2.75, 3.05) is 0 Å². The van der Waals surface area contributed by atoms with Gasteiger partial charge in [0.1, 0.15) is 6.04 Å². The van der Waals surface area contributed by atoms with Gasteiger partial charge in [0.25, 0.3) is 0 Å². The molecule has 0 aromatic carbocycles. The van der Waals surface area contributed by atoms with Gasteiger partial charge in [-0.15, -0.1) is 0 Å². The minimum absolute atomic E-state index is 0.0361. The van der Waals surface area contributed by atoms with E-state index in [0.717, 1.165) is 12.8 Å². The van der Waals surface area contributed by atoms with Crippen LogP contribution in [0.2, 0.25) is 0 Å². The summed E-state index contributed by atoms with van der Waals surface area (Å²) in [6, 6.07) is -0.353. The Morgan fingerprint density at radius 1 is 1.33 bits per heavy atom. The summed E-state index contributed by atoms with van der Waals surface area (Å²) in [6.45, 7) is 5.81. The van der Waals surface area contributed by atoms with Crippen molar-refractivity contribution in [3.05, 3.63) is 0 Å². The lowest BCUT2D eigenvalue weighted by Crippen LogP contribution is -2.51. The van der Waals surface area contributed by atoms with E-state index in [1.54, 1.807) is 22.6 Å². The lowest BCUT2D eigenvalue weighted by atomic mass is 9.88. The summed E-state index contributed by atoms with van der Waals surface area (Å²) in [6.07, 6.45) is 2.09. The standard InChI is InChI=1S/C10H17IN2O2/c1-10(2,3)7(8(11)14)13-9(15)12-6-4-5-6/h6-7H,4-5H2,1-3H3,(H2,12,13,15). The van der Waals surface area contributed by atoms with Gasteiger partial charge in [0.2, 0.25) is 3.79 Å². The van der Waals surface area contributed by atoms with Gasteiger partial charge in [-0.1, -0.05) is 20.8 Å². The maximum absolute atomic E-state index is 11.5. The average molecular weight is 324 g/mol. The van der Waals surface area contributed by atoms with Crippen LogP contribution in [0, 0.1) is 5.41 Å². The molecule has 1 aliphatic carbocycles. The van der Waals surface area contributed by atoms with Gasteiger partial charge in [-0.25, -0.2) is 4.79 Å². The zero-order chi connectivity index (χ0) is 11.6. The maximum Gasteiger partial charge on any atom is 0.315 e. The van der Waals surface area contributed by atoms with Gasteiger partial charge < -0.3 is 10.6 Å². The smallest absolute Gasteiger partial charge is 0.315 e. The summed E-state index contributed by atoms with van der Waals surface area (Å²) in [5, 5.41) is 5.53. The molecular weight excluding hydrogens is 307 g/mol. The number of halogens is 1. The molecule has 86 valence electrons. The minimum Gasteiger partial charge on any atom is -0.335 e. The molecule has 4 nitrogen and oxygen atoms in total. The van der Waals surface area contributed by atoms with Crippen molar-refractivity contribution in [1.29, 1.82) is 0 Å². The van der Waals surface area contributed by atoms with Crippen LogP contribution in [0.25, 0.3) is 0 Å². The van der Waals surface area contributed by atoms with Gasteiger partial charge in [-0.3, -0.25) is 4.79 Å². The van der Waals surface area contributed by atoms with E-state index in [0.29, 0.717) is 6.04 Å². The van der Waals surface area contributed by atoms with E-state index in [-0.39, 0.29) is 15.2 Å². The third-order valence-corrected chi connectivity index (χ3v) is 2.90. The number of carbonyl (C=O) groups excluding carboxylic acids is 2. The monoisotopic (exact) mass is 324 g/mol. The lowest BCUT2D eigenvalue weighted by Gasteiger charge is -2.28. The molecule has 0 aliphatic heterocycles. The van der Waals surface area contributed by atoms with Crippen molar-refractivity contribution in [3.63, 3.8) is 0 Å². The van der Waals surface area contributed by atoms with Crippen LogP contribution in [0.5, 0.6) is 0 Å². The van der Waals surface area contributed by atoms with Crippen LogP contribution in [0.15, 0.2) is 0 Å². The van der Waals surface area contributed by atoms with Crippen molar-refractivity contribution >= 4 is 32.4 Å². The van der Waals surface area contributed by atoms with Crippen LogP contribution < -0.4 is 10.6 Å². The Balaban J connectivity index is 2.49. The van der Waals surface area contributed by atoms with E-state index in [2.05, 4.69) is 10.6 Å². The van der Waals surface area contributed by atoms with Crippen molar-refractivity contribution in [2.24, 2.45) is 5.41 Å². The Hall–Kier alpha value is -0.330. The molecule has 1 atom stereocenters. The van der Waals surface area contributed by atoms with Gasteiger partial charge >= 0.3 is 6.03 Å². The van der Waals surface area contributed by atoms with Crippen LogP contribution in [0.4, 0.5) is 4.79 Å². The van der Waals surface area contributed by atoms with E-state index in [4.69, 9.17) is 0 Å². The van der Waals surface area contributed by atoms with E-state index >= 15 is 0 Å². The second kappa shape index (κ2) is 4.67. The SMILES string of the molecule is CC(C)(C)C(NC(=O)NC1CC1)C(=O)I. The zero-order valence-electron chi connectivity index (χ0n) is 9.26. The summed E-state index contributed by atoms with van der Waals surface area (Å²) in [5.41, 5.74) is -0.251. The topological polar surface area (TPSA) is 58.2 Å². The molecule has 0 bridgehead atoms. The Kier molecular flexibility index (Phi) is 3.97. The third-order valence-electron chi connectivity index (χ3n) is 2.28.